The molecule has 11 rings (SSSR count). The predicted molar refractivity (Wildman–Crippen MR) is 229 cm³/mol. The Balaban J connectivity index is 1.30. The molecule has 1 heterocycles. The van der Waals surface area contributed by atoms with E-state index in [1.807, 2.05) is 0 Å². The Labute approximate surface area is 316 Å². The molecule has 2 aliphatic rings. The summed E-state index contributed by atoms with van der Waals surface area (Å²) in [7, 11) is 0. The first-order valence-corrected chi connectivity index (χ1v) is 19.2. The zero-order valence-electron chi connectivity index (χ0n) is 30.6. The van der Waals surface area contributed by atoms with Crippen LogP contribution in [0.25, 0.3) is 65.7 Å². The van der Waals surface area contributed by atoms with Crippen molar-refractivity contribution in [2.75, 3.05) is 4.90 Å². The van der Waals surface area contributed by atoms with Crippen LogP contribution in [-0.4, -0.2) is 0 Å². The molecular weight excluding hydrogens is 651 g/mol. The summed E-state index contributed by atoms with van der Waals surface area (Å²) in [6.45, 7) is 4.76. The molecule has 0 aromatic heterocycles. The Bertz CT molecular complexity index is 2930. The Hall–Kier alpha value is -6.44. The third-order valence-electron chi connectivity index (χ3n) is 12.3. The topological polar surface area (TPSA) is 3.24 Å². The van der Waals surface area contributed by atoms with Crippen LogP contribution in [0.4, 0.5) is 17.1 Å². The average molecular weight is 690 g/mol. The van der Waals surface area contributed by atoms with Gasteiger partial charge in [-0.05, 0) is 114 Å². The van der Waals surface area contributed by atoms with Gasteiger partial charge in [0.05, 0.1) is 5.69 Å². The molecule has 54 heavy (non-hydrogen) atoms. The second kappa shape index (κ2) is 11.8. The van der Waals surface area contributed by atoms with Gasteiger partial charge in [0.15, 0.2) is 0 Å². The second-order valence-electron chi connectivity index (χ2n) is 15.6. The molecule has 9 aromatic carbocycles. The Morgan fingerprint density at radius 1 is 0.407 bits per heavy atom. The van der Waals surface area contributed by atoms with Gasteiger partial charge in [0.25, 0.3) is 0 Å². The molecule has 0 fully saturated rings. The summed E-state index contributed by atoms with van der Waals surface area (Å²) in [4.78, 5) is 2.58. The van der Waals surface area contributed by atoms with Crippen LogP contribution < -0.4 is 4.90 Å². The van der Waals surface area contributed by atoms with Crippen LogP contribution in [0, 0.1) is 0 Å². The molecule has 0 saturated carbocycles. The fourth-order valence-corrected chi connectivity index (χ4v) is 9.72. The molecule has 0 bridgehead atoms. The highest BCUT2D eigenvalue weighted by Gasteiger charge is 2.37. The van der Waals surface area contributed by atoms with E-state index in [2.05, 4.69) is 195 Å². The van der Waals surface area contributed by atoms with Crippen molar-refractivity contribution >= 4 is 49.4 Å². The Kier molecular flexibility index (Phi) is 6.79. The lowest BCUT2D eigenvalue weighted by Crippen LogP contribution is -2.14. The van der Waals surface area contributed by atoms with E-state index in [1.54, 1.807) is 0 Å². The molecule has 0 amide bonds. The highest BCUT2D eigenvalue weighted by atomic mass is 15.2. The van der Waals surface area contributed by atoms with Crippen LogP contribution in [0.3, 0.4) is 0 Å². The van der Waals surface area contributed by atoms with Crippen LogP contribution in [0.2, 0.25) is 0 Å². The maximum absolute atomic E-state index is 2.58. The lowest BCUT2D eigenvalue weighted by Gasteiger charge is -2.31. The highest BCUT2D eigenvalue weighted by molar-refractivity contribution is 6.24. The van der Waals surface area contributed by atoms with Gasteiger partial charge in [-0.3, -0.25) is 0 Å². The van der Waals surface area contributed by atoms with E-state index >= 15 is 0 Å². The van der Waals surface area contributed by atoms with E-state index < -0.39 is 0 Å². The molecule has 0 radical (unpaired) electrons. The summed E-state index contributed by atoms with van der Waals surface area (Å²) >= 11 is 0. The summed E-state index contributed by atoms with van der Waals surface area (Å²) in [5.74, 6) is 0. The molecule has 256 valence electrons. The van der Waals surface area contributed by atoms with Gasteiger partial charge in [-0.25, -0.2) is 0 Å². The quantitative estimate of drug-likeness (QED) is 0.167. The number of anilines is 3. The minimum absolute atomic E-state index is 0.0940. The third kappa shape index (κ3) is 4.51. The first-order chi connectivity index (χ1) is 26.6. The molecule has 9 aromatic rings. The highest BCUT2D eigenvalue weighted by Crippen LogP contribution is 2.56. The van der Waals surface area contributed by atoms with E-state index in [4.69, 9.17) is 0 Å². The summed E-state index contributed by atoms with van der Waals surface area (Å²) in [6.07, 6.45) is 2.02. The lowest BCUT2D eigenvalue weighted by molar-refractivity contribution is 0.660. The fourth-order valence-electron chi connectivity index (χ4n) is 9.72. The van der Waals surface area contributed by atoms with Crippen molar-refractivity contribution in [1.82, 2.24) is 0 Å². The molecule has 1 aliphatic heterocycles. The van der Waals surface area contributed by atoms with Gasteiger partial charge in [0.2, 0.25) is 0 Å². The minimum Gasteiger partial charge on any atom is -0.309 e. The van der Waals surface area contributed by atoms with E-state index in [0.29, 0.717) is 0 Å². The van der Waals surface area contributed by atoms with Gasteiger partial charge >= 0.3 is 0 Å². The zero-order chi connectivity index (χ0) is 36.0. The van der Waals surface area contributed by atoms with Crippen LogP contribution in [0.5, 0.6) is 0 Å². The number of aryl methyl sites for hydroxylation is 2. The van der Waals surface area contributed by atoms with Crippen molar-refractivity contribution in [3.8, 4) is 33.4 Å². The van der Waals surface area contributed by atoms with E-state index in [-0.39, 0.29) is 5.41 Å². The zero-order valence-corrected chi connectivity index (χ0v) is 30.6. The van der Waals surface area contributed by atoms with E-state index in [0.717, 1.165) is 12.8 Å². The first kappa shape index (κ1) is 31.1. The molecule has 1 nitrogen and oxygen atoms in total. The molecule has 1 aliphatic carbocycles. The Morgan fingerprint density at radius 3 is 1.78 bits per heavy atom. The minimum atomic E-state index is -0.0940. The van der Waals surface area contributed by atoms with Crippen molar-refractivity contribution < 1.29 is 0 Å². The number of fused-ring (bicyclic) bond motifs is 8. The first-order valence-electron chi connectivity index (χ1n) is 19.2. The average Bonchev–Trinajstić information content (AvgIpc) is 3.34. The molecule has 0 saturated heterocycles. The molecule has 0 N–H and O–H groups in total. The van der Waals surface area contributed by atoms with Crippen molar-refractivity contribution in [1.29, 1.82) is 0 Å². The summed E-state index contributed by atoms with van der Waals surface area (Å²) in [5, 5.41) is 7.56. The van der Waals surface area contributed by atoms with Crippen LogP contribution >= 0.6 is 0 Å². The van der Waals surface area contributed by atoms with Crippen LogP contribution in [0.1, 0.15) is 36.1 Å². The smallest absolute Gasteiger partial charge is 0.0619 e. The number of rotatable bonds is 3. The normalized spacial score (nSPS) is 14.1. The number of hydrogen-bond acceptors (Lipinski definition) is 1. The summed E-state index contributed by atoms with van der Waals surface area (Å²) in [6, 6.07) is 66.0. The fraction of sp³-hybridized carbons (Fsp3) is 0.0943. The number of benzene rings is 9. The van der Waals surface area contributed by atoms with Gasteiger partial charge in [0, 0.05) is 27.6 Å². The van der Waals surface area contributed by atoms with Crippen LogP contribution in [-0.2, 0) is 18.3 Å². The van der Waals surface area contributed by atoms with Gasteiger partial charge in [0.1, 0.15) is 0 Å². The summed E-state index contributed by atoms with van der Waals surface area (Å²) in [5.41, 5.74) is 17.0. The van der Waals surface area contributed by atoms with Gasteiger partial charge in [-0.1, -0.05) is 166 Å². The van der Waals surface area contributed by atoms with Crippen molar-refractivity contribution in [2.45, 2.75) is 32.1 Å². The third-order valence-corrected chi connectivity index (χ3v) is 12.3. The molecular formula is C53H39N. The Morgan fingerprint density at radius 2 is 0.981 bits per heavy atom. The number of para-hydroxylation sites is 2. The second-order valence-corrected chi connectivity index (χ2v) is 15.6. The molecule has 0 spiro atoms. The van der Waals surface area contributed by atoms with Gasteiger partial charge in [-0.15, -0.1) is 0 Å². The molecule has 0 atom stereocenters. The van der Waals surface area contributed by atoms with Crippen LogP contribution in [0.15, 0.2) is 176 Å². The largest absolute Gasteiger partial charge is 0.309 e. The monoisotopic (exact) mass is 689 g/mol. The number of hydrogen-bond donors (Lipinski definition) is 0. The number of nitrogens with zero attached hydrogens (tertiary/aromatic N) is 1. The van der Waals surface area contributed by atoms with Crippen molar-refractivity contribution in [3.05, 3.63) is 198 Å². The lowest BCUT2D eigenvalue weighted by atomic mass is 9.81. The predicted octanol–water partition coefficient (Wildman–Crippen LogP) is 14.4. The SMILES string of the molecule is CC1(C)c2ccccc2-c2c(-c3c4ccccc4c(N4c5ccccc5CCc5ccccc54)c4ccc(-c5ccc6ccccc6c5)cc34)cccc21. The van der Waals surface area contributed by atoms with Crippen molar-refractivity contribution in [3.63, 3.8) is 0 Å². The maximum Gasteiger partial charge on any atom is 0.0619 e. The molecule has 0 unspecified atom stereocenters. The van der Waals surface area contributed by atoms with Gasteiger partial charge < -0.3 is 4.90 Å². The summed E-state index contributed by atoms with van der Waals surface area (Å²) < 4.78 is 0. The van der Waals surface area contributed by atoms with E-state index in [9.17, 15) is 0 Å². The molecule has 1 heteroatoms. The maximum atomic E-state index is 2.58. The van der Waals surface area contributed by atoms with Gasteiger partial charge in [-0.2, -0.15) is 0 Å². The van der Waals surface area contributed by atoms with Crippen molar-refractivity contribution in [2.24, 2.45) is 0 Å². The van der Waals surface area contributed by atoms with E-state index in [1.165, 1.54) is 105 Å². The standard InChI is InChI=1S/C53H39N/c1-53(2)46-22-10-9-20-43(46)51-44(21-13-23-47(51)53)50-40-18-7-8-19-41(40)52(54-48-24-11-5-15-35(48)27-28-36-16-6-12-25-49(36)54)42-31-30-39(33-45(42)50)38-29-26-34-14-3-4-17-37(34)32-38/h3-26,29-33H,27-28H2,1-2H3.